The predicted molar refractivity (Wildman–Crippen MR) is 117 cm³/mol. The van der Waals surface area contributed by atoms with Crippen molar-refractivity contribution in [3.05, 3.63) is 64.4 Å². The minimum Gasteiger partial charge on any atom is -0.484 e. The fourth-order valence-corrected chi connectivity index (χ4v) is 5.25. The average Bonchev–Trinajstić information content (AvgIpc) is 3.25. The molecule has 0 spiro atoms. The number of aromatic nitrogens is 1. The summed E-state index contributed by atoms with van der Waals surface area (Å²) in [5, 5.41) is 1.87. The number of carbonyl (C=O) groups excluding carboxylic acids is 1. The van der Waals surface area contributed by atoms with Gasteiger partial charge in [-0.15, -0.1) is 11.3 Å². The molecule has 0 atom stereocenters. The van der Waals surface area contributed by atoms with E-state index in [4.69, 9.17) is 16.3 Å². The van der Waals surface area contributed by atoms with Gasteiger partial charge in [0.1, 0.15) is 11.6 Å². The van der Waals surface area contributed by atoms with Gasteiger partial charge in [0.25, 0.3) is 15.9 Å². The van der Waals surface area contributed by atoms with Gasteiger partial charge in [-0.25, -0.2) is 17.8 Å². The van der Waals surface area contributed by atoms with Gasteiger partial charge in [-0.2, -0.15) is 0 Å². The zero-order valence-corrected chi connectivity index (χ0v) is 18.4. The average molecular weight is 482 g/mol. The van der Waals surface area contributed by atoms with Crippen LogP contribution in [-0.4, -0.2) is 32.5 Å². The molecule has 1 aliphatic heterocycles. The molecule has 2 heterocycles. The third kappa shape index (κ3) is 4.81. The quantitative estimate of drug-likeness (QED) is 0.572. The van der Waals surface area contributed by atoms with Gasteiger partial charge in [-0.1, -0.05) is 11.6 Å². The van der Waals surface area contributed by atoms with E-state index in [9.17, 15) is 17.6 Å². The number of nitrogens with one attached hydrogen (secondary N) is 1. The predicted octanol–water partition coefficient (Wildman–Crippen LogP) is 4.09. The lowest BCUT2D eigenvalue weighted by Crippen LogP contribution is -2.38. The molecule has 1 amide bonds. The van der Waals surface area contributed by atoms with Crippen molar-refractivity contribution in [3.63, 3.8) is 0 Å². The molecule has 0 fully saturated rings. The molecule has 162 valence electrons. The summed E-state index contributed by atoms with van der Waals surface area (Å²) >= 11 is 6.92. The minimum absolute atomic E-state index is 0.0895. The summed E-state index contributed by atoms with van der Waals surface area (Å²) in [6.07, 6.45) is 2.85. The normalized spacial score (nSPS) is 13.5. The fraction of sp³-hybridized carbons (Fsp3) is 0.200. The Morgan fingerprint density at radius 1 is 1.29 bits per heavy atom. The SMILES string of the molecule is O=C(COc1ccc(F)c(Cl)c1)N1CCCc2cc(S(=O)(=O)Nc3nccs3)ccc21. The molecule has 3 aromatic rings. The van der Waals surface area contributed by atoms with Crippen LogP contribution in [0.2, 0.25) is 5.02 Å². The number of fused-ring (bicyclic) bond motifs is 1. The molecule has 0 saturated heterocycles. The van der Waals surface area contributed by atoms with E-state index in [0.29, 0.717) is 25.1 Å². The molecule has 1 aromatic heterocycles. The van der Waals surface area contributed by atoms with Gasteiger partial charge in [-0.3, -0.25) is 9.52 Å². The molecule has 0 radical (unpaired) electrons. The number of thiazole rings is 1. The smallest absolute Gasteiger partial charge is 0.264 e. The van der Waals surface area contributed by atoms with Gasteiger partial charge in [0, 0.05) is 29.9 Å². The highest BCUT2D eigenvalue weighted by Crippen LogP contribution is 2.30. The van der Waals surface area contributed by atoms with E-state index >= 15 is 0 Å². The first-order chi connectivity index (χ1) is 14.8. The monoisotopic (exact) mass is 481 g/mol. The maximum absolute atomic E-state index is 13.3. The van der Waals surface area contributed by atoms with Crippen LogP contribution in [0.1, 0.15) is 12.0 Å². The van der Waals surface area contributed by atoms with Gasteiger partial charge in [0.05, 0.1) is 9.92 Å². The Bertz CT molecular complexity index is 1220. The summed E-state index contributed by atoms with van der Waals surface area (Å²) in [5.41, 5.74) is 1.40. The largest absolute Gasteiger partial charge is 0.484 e. The lowest BCUT2D eigenvalue weighted by molar-refractivity contribution is -0.120. The Morgan fingerprint density at radius 3 is 2.87 bits per heavy atom. The topological polar surface area (TPSA) is 88.6 Å². The van der Waals surface area contributed by atoms with Crippen LogP contribution >= 0.6 is 22.9 Å². The Morgan fingerprint density at radius 2 is 2.13 bits per heavy atom. The zero-order valence-electron chi connectivity index (χ0n) is 16.0. The molecule has 4 rings (SSSR count). The van der Waals surface area contributed by atoms with E-state index in [2.05, 4.69) is 9.71 Å². The van der Waals surface area contributed by atoms with Crippen LogP contribution < -0.4 is 14.4 Å². The summed E-state index contributed by atoms with van der Waals surface area (Å²) in [6.45, 7) is 0.232. The second kappa shape index (κ2) is 8.81. The number of hydrogen-bond donors (Lipinski definition) is 1. The van der Waals surface area contributed by atoms with Crippen LogP contribution in [0.5, 0.6) is 5.75 Å². The number of halogens is 2. The molecule has 0 aliphatic carbocycles. The van der Waals surface area contributed by atoms with Crippen molar-refractivity contribution < 1.29 is 22.3 Å². The highest BCUT2D eigenvalue weighted by Gasteiger charge is 2.25. The molecule has 1 aliphatic rings. The molecule has 0 unspecified atom stereocenters. The number of hydrogen-bond acceptors (Lipinski definition) is 6. The van der Waals surface area contributed by atoms with Crippen molar-refractivity contribution in [3.8, 4) is 5.75 Å². The van der Waals surface area contributed by atoms with Crippen LogP contribution in [0.3, 0.4) is 0 Å². The second-order valence-electron chi connectivity index (χ2n) is 6.75. The minimum atomic E-state index is -3.78. The Kier molecular flexibility index (Phi) is 6.12. The highest BCUT2D eigenvalue weighted by atomic mass is 35.5. The van der Waals surface area contributed by atoms with Crippen molar-refractivity contribution in [1.29, 1.82) is 0 Å². The number of benzene rings is 2. The first-order valence-corrected chi connectivity index (χ1v) is 12.0. The van der Waals surface area contributed by atoms with E-state index in [1.807, 2.05) is 0 Å². The molecule has 0 bridgehead atoms. The number of rotatable bonds is 6. The first-order valence-electron chi connectivity index (χ1n) is 9.27. The number of aryl methyl sites for hydroxylation is 1. The van der Waals surface area contributed by atoms with E-state index < -0.39 is 15.8 Å². The fourth-order valence-electron chi connectivity index (χ4n) is 3.24. The maximum Gasteiger partial charge on any atom is 0.264 e. The van der Waals surface area contributed by atoms with E-state index in [-0.39, 0.29) is 33.3 Å². The number of nitrogens with zero attached hydrogens (tertiary/aromatic N) is 2. The number of ether oxygens (including phenoxy) is 1. The van der Waals surface area contributed by atoms with E-state index in [1.54, 1.807) is 22.4 Å². The first kappa shape index (κ1) is 21.5. The van der Waals surface area contributed by atoms with Crippen LogP contribution in [-0.2, 0) is 21.2 Å². The van der Waals surface area contributed by atoms with Gasteiger partial charge in [-0.05, 0) is 48.7 Å². The summed E-state index contributed by atoms with van der Waals surface area (Å²) in [5.74, 6) is -0.579. The van der Waals surface area contributed by atoms with Crippen molar-refractivity contribution in [2.45, 2.75) is 17.7 Å². The van der Waals surface area contributed by atoms with Crippen molar-refractivity contribution in [1.82, 2.24) is 4.98 Å². The summed E-state index contributed by atoms with van der Waals surface area (Å²) in [7, 11) is -3.78. The number of amides is 1. The number of sulfonamides is 1. The molecule has 2 aromatic carbocycles. The lowest BCUT2D eigenvalue weighted by atomic mass is 10.0. The van der Waals surface area contributed by atoms with Crippen molar-refractivity contribution in [2.24, 2.45) is 0 Å². The molecule has 31 heavy (non-hydrogen) atoms. The Hall–Kier alpha value is -2.69. The molecule has 0 saturated carbocycles. The summed E-state index contributed by atoms with van der Waals surface area (Å²) in [6, 6.07) is 8.52. The zero-order chi connectivity index (χ0) is 22.0. The van der Waals surface area contributed by atoms with Gasteiger partial charge >= 0.3 is 0 Å². The number of anilines is 2. The third-order valence-corrected chi connectivity index (χ3v) is 7.13. The van der Waals surface area contributed by atoms with Crippen molar-refractivity contribution >= 4 is 49.7 Å². The van der Waals surface area contributed by atoms with Gasteiger partial charge in [0.15, 0.2) is 11.7 Å². The Balaban J connectivity index is 1.50. The molecule has 11 heteroatoms. The lowest BCUT2D eigenvalue weighted by Gasteiger charge is -2.29. The Labute approximate surface area is 187 Å². The maximum atomic E-state index is 13.3. The van der Waals surface area contributed by atoms with Gasteiger partial charge < -0.3 is 9.64 Å². The molecular formula is C20H17ClFN3O4S2. The second-order valence-corrected chi connectivity index (χ2v) is 9.73. The van der Waals surface area contributed by atoms with Gasteiger partial charge in [0.2, 0.25) is 0 Å². The molecular weight excluding hydrogens is 465 g/mol. The number of carbonyl (C=O) groups is 1. The molecule has 1 N–H and O–H groups in total. The molecule has 7 nitrogen and oxygen atoms in total. The summed E-state index contributed by atoms with van der Waals surface area (Å²) in [4.78, 5) is 18.3. The van der Waals surface area contributed by atoms with Crippen molar-refractivity contribution in [2.75, 3.05) is 22.8 Å². The summed E-state index contributed by atoms with van der Waals surface area (Å²) < 4.78 is 46.4. The van der Waals surface area contributed by atoms with Crippen LogP contribution in [0.4, 0.5) is 15.2 Å². The van der Waals surface area contributed by atoms with Crippen LogP contribution in [0, 0.1) is 5.82 Å². The van der Waals surface area contributed by atoms with E-state index in [1.165, 1.54) is 41.8 Å². The van der Waals surface area contributed by atoms with Crippen LogP contribution in [0.25, 0.3) is 0 Å². The van der Waals surface area contributed by atoms with E-state index in [0.717, 1.165) is 5.56 Å². The van der Waals surface area contributed by atoms with Crippen LogP contribution in [0.15, 0.2) is 52.9 Å². The standard InChI is InChI=1S/C20H17ClFN3O4S2/c21-16-11-14(3-5-17(16)22)29-12-19(26)25-8-1-2-13-10-15(4-6-18(13)25)31(27,28)24-20-23-7-9-30-20/h3-7,9-11H,1-2,8,12H2,(H,23,24). The highest BCUT2D eigenvalue weighted by molar-refractivity contribution is 7.93. The third-order valence-electron chi connectivity index (χ3n) is 4.69.